The summed E-state index contributed by atoms with van der Waals surface area (Å²) in [6, 6.07) is 12.3. The summed E-state index contributed by atoms with van der Waals surface area (Å²) in [4.78, 5) is 25.8. The third kappa shape index (κ3) is 6.16. The number of benzene rings is 2. The van der Waals surface area contributed by atoms with E-state index < -0.39 is 0 Å². The Balaban J connectivity index is 2.05. The molecular formula is C21H25ClN2O4. The molecule has 0 aliphatic carbocycles. The van der Waals surface area contributed by atoms with Crippen LogP contribution in [0.1, 0.15) is 29.8 Å². The van der Waals surface area contributed by atoms with E-state index in [2.05, 4.69) is 5.32 Å². The van der Waals surface area contributed by atoms with Gasteiger partial charge in [-0.3, -0.25) is 9.59 Å². The maximum atomic E-state index is 12.6. The Bertz CT molecular complexity index is 822. The second kappa shape index (κ2) is 9.99. The van der Waals surface area contributed by atoms with E-state index in [9.17, 15) is 9.59 Å². The predicted octanol–water partition coefficient (Wildman–Crippen LogP) is 3.52. The summed E-state index contributed by atoms with van der Waals surface area (Å²) in [5.41, 5.74) is 1.37. The first-order valence-corrected chi connectivity index (χ1v) is 9.28. The van der Waals surface area contributed by atoms with Crippen molar-refractivity contribution in [3.63, 3.8) is 0 Å². The van der Waals surface area contributed by atoms with Crippen molar-refractivity contribution < 1.29 is 19.1 Å². The average Bonchev–Trinajstić information content (AvgIpc) is 2.66. The molecule has 0 fully saturated rings. The number of halogens is 1. The number of nitrogens with one attached hydrogen (secondary N) is 1. The van der Waals surface area contributed by atoms with Gasteiger partial charge >= 0.3 is 0 Å². The lowest BCUT2D eigenvalue weighted by Crippen LogP contribution is -2.40. The highest BCUT2D eigenvalue weighted by molar-refractivity contribution is 6.30. The number of rotatable bonds is 8. The summed E-state index contributed by atoms with van der Waals surface area (Å²) in [6.45, 7) is 4.06. The predicted molar refractivity (Wildman–Crippen MR) is 109 cm³/mol. The zero-order chi connectivity index (χ0) is 20.7. The molecule has 0 radical (unpaired) electrons. The van der Waals surface area contributed by atoms with E-state index in [1.807, 2.05) is 26.0 Å². The average molecular weight is 405 g/mol. The summed E-state index contributed by atoms with van der Waals surface area (Å²) in [6.07, 6.45) is 0. The second-order valence-electron chi connectivity index (χ2n) is 6.66. The van der Waals surface area contributed by atoms with Crippen LogP contribution in [0.25, 0.3) is 0 Å². The van der Waals surface area contributed by atoms with Gasteiger partial charge in [-0.15, -0.1) is 0 Å². The van der Waals surface area contributed by atoms with Gasteiger partial charge in [0, 0.05) is 23.7 Å². The normalized spacial score (nSPS) is 10.5. The van der Waals surface area contributed by atoms with Gasteiger partial charge in [-0.25, -0.2) is 0 Å². The second-order valence-corrected chi connectivity index (χ2v) is 7.10. The van der Waals surface area contributed by atoms with Crippen LogP contribution in [0.15, 0.2) is 42.5 Å². The highest BCUT2D eigenvalue weighted by Gasteiger charge is 2.17. The smallest absolute Gasteiger partial charge is 0.254 e. The molecule has 7 heteroatoms. The van der Waals surface area contributed by atoms with Crippen LogP contribution in [-0.4, -0.2) is 43.5 Å². The minimum atomic E-state index is -0.276. The van der Waals surface area contributed by atoms with Crippen molar-refractivity contribution in [2.75, 3.05) is 20.7 Å². The van der Waals surface area contributed by atoms with E-state index in [1.54, 1.807) is 37.4 Å². The molecule has 0 spiro atoms. The number of hydrogen-bond donors (Lipinski definition) is 1. The van der Waals surface area contributed by atoms with Crippen molar-refractivity contribution in [3.05, 3.63) is 58.6 Å². The van der Waals surface area contributed by atoms with Crippen molar-refractivity contribution in [2.45, 2.75) is 26.5 Å². The van der Waals surface area contributed by atoms with Gasteiger partial charge in [0.2, 0.25) is 5.91 Å². The Morgan fingerprint density at radius 3 is 2.39 bits per heavy atom. The summed E-state index contributed by atoms with van der Waals surface area (Å²) in [5.74, 6) is 0.483. The zero-order valence-corrected chi connectivity index (χ0v) is 17.2. The van der Waals surface area contributed by atoms with Crippen molar-refractivity contribution in [1.29, 1.82) is 0 Å². The molecule has 0 aliphatic heterocycles. The van der Waals surface area contributed by atoms with Crippen LogP contribution in [0.2, 0.25) is 5.02 Å². The van der Waals surface area contributed by atoms with Crippen molar-refractivity contribution in [1.82, 2.24) is 10.2 Å². The lowest BCUT2D eigenvalue weighted by Gasteiger charge is -2.19. The molecule has 0 aliphatic rings. The molecular weight excluding hydrogens is 380 g/mol. The molecule has 0 atom stereocenters. The summed E-state index contributed by atoms with van der Waals surface area (Å²) >= 11 is 5.88. The molecule has 0 heterocycles. The van der Waals surface area contributed by atoms with E-state index in [-0.39, 0.29) is 24.4 Å². The number of methoxy groups -OCH3 is 1. The number of hydrogen-bond acceptors (Lipinski definition) is 4. The molecule has 0 saturated heterocycles. The first-order valence-electron chi connectivity index (χ1n) is 8.90. The third-order valence-electron chi connectivity index (χ3n) is 3.90. The van der Waals surface area contributed by atoms with E-state index in [0.29, 0.717) is 28.7 Å². The maximum Gasteiger partial charge on any atom is 0.254 e. The fraction of sp³-hybridized carbons (Fsp3) is 0.333. The highest BCUT2D eigenvalue weighted by atomic mass is 35.5. The molecule has 150 valence electrons. The van der Waals surface area contributed by atoms with E-state index in [4.69, 9.17) is 21.1 Å². The number of carbonyl (C=O) groups is 2. The molecule has 2 aromatic rings. The molecule has 2 amide bonds. The van der Waals surface area contributed by atoms with Gasteiger partial charge in [-0.2, -0.15) is 0 Å². The molecule has 0 aromatic heterocycles. The Morgan fingerprint density at radius 1 is 1.11 bits per heavy atom. The van der Waals surface area contributed by atoms with Crippen LogP contribution in [0.3, 0.4) is 0 Å². The Kier molecular flexibility index (Phi) is 7.70. The van der Waals surface area contributed by atoms with Gasteiger partial charge in [0.25, 0.3) is 5.91 Å². The van der Waals surface area contributed by atoms with Crippen molar-refractivity contribution in [2.24, 2.45) is 0 Å². The zero-order valence-electron chi connectivity index (χ0n) is 16.5. The fourth-order valence-electron chi connectivity index (χ4n) is 2.54. The molecule has 2 rings (SSSR count). The summed E-state index contributed by atoms with van der Waals surface area (Å²) in [7, 11) is 3.10. The topological polar surface area (TPSA) is 67.9 Å². The lowest BCUT2D eigenvalue weighted by atomic mass is 10.1. The number of carbonyl (C=O) groups excluding carboxylic acids is 2. The number of nitrogens with zero attached hydrogens (tertiary/aromatic N) is 1. The van der Waals surface area contributed by atoms with Crippen LogP contribution in [-0.2, 0) is 11.4 Å². The Hall–Kier alpha value is -2.73. The van der Waals surface area contributed by atoms with Crippen LogP contribution < -0.4 is 14.8 Å². The summed E-state index contributed by atoms with van der Waals surface area (Å²) < 4.78 is 11.2. The first-order chi connectivity index (χ1) is 13.3. The van der Waals surface area contributed by atoms with Gasteiger partial charge in [0.1, 0.15) is 6.61 Å². The van der Waals surface area contributed by atoms with Gasteiger partial charge in [-0.1, -0.05) is 23.7 Å². The minimum Gasteiger partial charge on any atom is -0.493 e. The molecule has 0 bridgehead atoms. The van der Waals surface area contributed by atoms with Crippen molar-refractivity contribution in [3.8, 4) is 11.5 Å². The van der Waals surface area contributed by atoms with Gasteiger partial charge < -0.3 is 19.7 Å². The van der Waals surface area contributed by atoms with Gasteiger partial charge in [0.05, 0.1) is 13.7 Å². The number of likely N-dealkylation sites (N-methyl/N-ethyl adjacent to an activating group) is 1. The Labute approximate surface area is 170 Å². The molecule has 2 aromatic carbocycles. The van der Waals surface area contributed by atoms with Gasteiger partial charge in [-0.05, 0) is 49.7 Å². The standard InChI is InChI=1S/C21H25ClN2O4/c1-14(2)23-20(25)12-24(3)21(26)16-7-10-18(19(11-16)27-4)28-13-15-5-8-17(22)9-6-15/h5-11,14H,12-13H2,1-4H3,(H,23,25). The fourth-order valence-corrected chi connectivity index (χ4v) is 2.66. The number of amides is 2. The van der Waals surface area contributed by atoms with Crippen LogP contribution in [0.4, 0.5) is 0 Å². The van der Waals surface area contributed by atoms with E-state index in [0.717, 1.165) is 5.56 Å². The largest absolute Gasteiger partial charge is 0.493 e. The molecule has 0 unspecified atom stereocenters. The van der Waals surface area contributed by atoms with Gasteiger partial charge in [0.15, 0.2) is 11.5 Å². The monoisotopic (exact) mass is 404 g/mol. The maximum absolute atomic E-state index is 12.6. The van der Waals surface area contributed by atoms with Crippen LogP contribution in [0.5, 0.6) is 11.5 Å². The number of ether oxygens (including phenoxy) is 2. The molecule has 0 saturated carbocycles. The third-order valence-corrected chi connectivity index (χ3v) is 4.15. The quantitative estimate of drug-likeness (QED) is 0.730. The Morgan fingerprint density at radius 2 is 1.79 bits per heavy atom. The molecule has 1 N–H and O–H groups in total. The molecule has 28 heavy (non-hydrogen) atoms. The van der Waals surface area contributed by atoms with E-state index >= 15 is 0 Å². The minimum absolute atomic E-state index is 0.0197. The van der Waals surface area contributed by atoms with Crippen molar-refractivity contribution >= 4 is 23.4 Å². The highest BCUT2D eigenvalue weighted by Crippen LogP contribution is 2.29. The van der Waals surface area contributed by atoms with E-state index in [1.165, 1.54) is 12.0 Å². The lowest BCUT2D eigenvalue weighted by molar-refractivity contribution is -0.122. The SMILES string of the molecule is COc1cc(C(=O)N(C)CC(=O)NC(C)C)ccc1OCc1ccc(Cl)cc1. The first kappa shape index (κ1) is 21.6. The molecule has 6 nitrogen and oxygen atoms in total. The summed E-state index contributed by atoms with van der Waals surface area (Å²) in [5, 5.41) is 3.42. The van der Waals surface area contributed by atoms with Crippen LogP contribution >= 0.6 is 11.6 Å². The van der Waals surface area contributed by atoms with Crippen LogP contribution in [0, 0.1) is 0 Å².